The van der Waals surface area contributed by atoms with E-state index < -0.39 is 15.2 Å². The third kappa shape index (κ3) is 2.78. The molecule has 0 bridgehead atoms. The average molecular weight is 318 g/mol. The number of sulfone groups is 1. The summed E-state index contributed by atoms with van der Waals surface area (Å²) in [6.07, 6.45) is 1.34. The number of thioether (sulfide) groups is 1. The van der Waals surface area contributed by atoms with E-state index in [2.05, 4.69) is 9.97 Å². The van der Waals surface area contributed by atoms with Gasteiger partial charge in [0.15, 0.2) is 15.7 Å². The summed E-state index contributed by atoms with van der Waals surface area (Å²) >= 11 is 1.62. The van der Waals surface area contributed by atoms with E-state index in [1.807, 2.05) is 0 Å². The zero-order valence-corrected chi connectivity index (χ0v) is 13.1. The molecule has 0 spiro atoms. The van der Waals surface area contributed by atoms with Gasteiger partial charge in [-0.25, -0.2) is 13.4 Å². The van der Waals surface area contributed by atoms with Crippen LogP contribution < -0.4 is 15.4 Å². The molecule has 1 aliphatic heterocycles. The molecule has 1 atom stereocenters. The number of methoxy groups -OCH3 is 1. The molecule has 2 heterocycles. The number of hydrogen-bond donors (Lipinski definition) is 1. The molecule has 2 N–H and O–H groups in total. The molecule has 20 heavy (non-hydrogen) atoms. The number of rotatable bonds is 4. The summed E-state index contributed by atoms with van der Waals surface area (Å²) in [7, 11) is -1.74. The predicted octanol–water partition coefficient (Wildman–Crippen LogP) is 0.381. The summed E-state index contributed by atoms with van der Waals surface area (Å²) in [5, 5.41) is -0.604. The maximum absolute atomic E-state index is 12.2. The molecule has 0 aliphatic carbocycles. The Kier molecular flexibility index (Phi) is 4.59. The fourth-order valence-electron chi connectivity index (χ4n) is 2.08. The summed E-state index contributed by atoms with van der Waals surface area (Å²) in [4.78, 5) is 9.81. The standard InChI is InChI=1S/C11H18N4O3S2/c1-3-20(16,17)8-6-19-5-4-15(8)10-9(12)11(18-2)14-7-13-10/h7-8H,3-6,12H2,1-2H3. The molecule has 1 fully saturated rings. The second-order valence-corrected chi connectivity index (χ2v) is 7.89. The second kappa shape index (κ2) is 6.04. The van der Waals surface area contributed by atoms with Crippen molar-refractivity contribution in [1.29, 1.82) is 0 Å². The predicted molar refractivity (Wildman–Crippen MR) is 80.9 cm³/mol. The largest absolute Gasteiger partial charge is 0.479 e. The number of ether oxygens (including phenoxy) is 1. The maximum Gasteiger partial charge on any atom is 0.242 e. The van der Waals surface area contributed by atoms with Gasteiger partial charge < -0.3 is 15.4 Å². The van der Waals surface area contributed by atoms with Crippen molar-refractivity contribution in [2.24, 2.45) is 0 Å². The first-order chi connectivity index (χ1) is 9.51. The Morgan fingerprint density at radius 2 is 2.30 bits per heavy atom. The van der Waals surface area contributed by atoms with Gasteiger partial charge in [0.2, 0.25) is 5.88 Å². The highest BCUT2D eigenvalue weighted by atomic mass is 32.2. The van der Waals surface area contributed by atoms with Crippen molar-refractivity contribution in [3.05, 3.63) is 6.33 Å². The third-order valence-electron chi connectivity index (χ3n) is 3.19. The SMILES string of the molecule is CCS(=O)(=O)C1CSCCN1c1ncnc(OC)c1N. The van der Waals surface area contributed by atoms with Gasteiger partial charge in [0, 0.05) is 23.8 Å². The third-order valence-corrected chi connectivity index (χ3v) is 6.48. The molecule has 1 aromatic heterocycles. The molecule has 0 amide bonds. The first-order valence-corrected chi connectivity index (χ1v) is 9.08. The molecule has 1 unspecified atom stereocenters. The van der Waals surface area contributed by atoms with Crippen molar-refractivity contribution in [2.75, 3.05) is 41.5 Å². The summed E-state index contributed by atoms with van der Waals surface area (Å²) < 4.78 is 29.5. The van der Waals surface area contributed by atoms with E-state index in [0.717, 1.165) is 5.75 Å². The summed E-state index contributed by atoms with van der Waals surface area (Å²) in [6.45, 7) is 2.23. The number of anilines is 2. The molecule has 1 saturated heterocycles. The summed E-state index contributed by atoms with van der Waals surface area (Å²) in [5.41, 5.74) is 6.25. The van der Waals surface area contributed by atoms with E-state index in [0.29, 0.717) is 18.1 Å². The molecule has 9 heteroatoms. The fraction of sp³-hybridized carbons (Fsp3) is 0.636. The monoisotopic (exact) mass is 318 g/mol. The van der Waals surface area contributed by atoms with Crippen molar-refractivity contribution in [2.45, 2.75) is 12.3 Å². The van der Waals surface area contributed by atoms with E-state index in [1.165, 1.54) is 13.4 Å². The van der Waals surface area contributed by atoms with E-state index in [4.69, 9.17) is 10.5 Å². The molecule has 0 radical (unpaired) electrons. The first-order valence-electron chi connectivity index (χ1n) is 6.21. The van der Waals surface area contributed by atoms with Crippen LogP contribution in [0.25, 0.3) is 0 Å². The topological polar surface area (TPSA) is 98.4 Å². The lowest BCUT2D eigenvalue weighted by Crippen LogP contribution is -2.48. The van der Waals surface area contributed by atoms with Crippen LogP contribution >= 0.6 is 11.8 Å². The van der Waals surface area contributed by atoms with Crippen molar-refractivity contribution in [1.82, 2.24) is 9.97 Å². The molecule has 7 nitrogen and oxygen atoms in total. The van der Waals surface area contributed by atoms with Gasteiger partial charge in [-0.3, -0.25) is 0 Å². The highest BCUT2D eigenvalue weighted by Gasteiger charge is 2.35. The van der Waals surface area contributed by atoms with Gasteiger partial charge in [0.1, 0.15) is 17.4 Å². The average Bonchev–Trinajstić information content (AvgIpc) is 2.47. The summed E-state index contributed by atoms with van der Waals surface area (Å²) in [6, 6.07) is 0. The lowest BCUT2D eigenvalue weighted by Gasteiger charge is -2.36. The molecule has 0 saturated carbocycles. The Hall–Kier alpha value is -1.22. The minimum absolute atomic E-state index is 0.0941. The maximum atomic E-state index is 12.2. The molecule has 1 aliphatic rings. The number of nitrogens with zero attached hydrogens (tertiary/aromatic N) is 3. The highest BCUT2D eigenvalue weighted by Crippen LogP contribution is 2.33. The van der Waals surface area contributed by atoms with E-state index in [9.17, 15) is 8.42 Å². The fourth-order valence-corrected chi connectivity index (χ4v) is 5.05. The van der Waals surface area contributed by atoms with E-state index in [1.54, 1.807) is 23.6 Å². The Bertz CT molecular complexity index is 579. The van der Waals surface area contributed by atoms with Crippen LogP contribution in [0.15, 0.2) is 6.33 Å². The summed E-state index contributed by atoms with van der Waals surface area (Å²) in [5.74, 6) is 2.14. The van der Waals surface area contributed by atoms with Crippen molar-refractivity contribution >= 4 is 33.1 Å². The lowest BCUT2D eigenvalue weighted by atomic mass is 10.4. The minimum Gasteiger partial charge on any atom is -0.479 e. The lowest BCUT2D eigenvalue weighted by molar-refractivity contribution is 0.399. The van der Waals surface area contributed by atoms with Crippen LogP contribution in [0.5, 0.6) is 5.88 Å². The zero-order chi connectivity index (χ0) is 14.8. The van der Waals surface area contributed by atoms with Gasteiger partial charge in [-0.2, -0.15) is 16.7 Å². The van der Waals surface area contributed by atoms with Gasteiger partial charge in [-0.15, -0.1) is 0 Å². The van der Waals surface area contributed by atoms with Gasteiger partial charge in [-0.1, -0.05) is 6.92 Å². The smallest absolute Gasteiger partial charge is 0.242 e. The molecule has 2 rings (SSSR count). The van der Waals surface area contributed by atoms with Crippen molar-refractivity contribution < 1.29 is 13.2 Å². The Labute approximate surface area is 122 Å². The Balaban J connectivity index is 2.43. The highest BCUT2D eigenvalue weighted by molar-refractivity contribution is 8.01. The number of nitrogen functional groups attached to an aromatic ring is 1. The van der Waals surface area contributed by atoms with Crippen LogP contribution in [0.4, 0.5) is 11.5 Å². The Morgan fingerprint density at radius 1 is 1.55 bits per heavy atom. The second-order valence-electron chi connectivity index (χ2n) is 4.29. The van der Waals surface area contributed by atoms with E-state index >= 15 is 0 Å². The number of aromatic nitrogens is 2. The van der Waals surface area contributed by atoms with Gasteiger partial charge in [-0.05, 0) is 0 Å². The van der Waals surface area contributed by atoms with E-state index in [-0.39, 0.29) is 17.3 Å². The molecule has 0 aromatic carbocycles. The molecule has 112 valence electrons. The Morgan fingerprint density at radius 3 is 2.95 bits per heavy atom. The molecular weight excluding hydrogens is 300 g/mol. The quantitative estimate of drug-likeness (QED) is 0.851. The minimum atomic E-state index is -3.21. The van der Waals surface area contributed by atoms with Crippen LogP contribution in [-0.2, 0) is 9.84 Å². The van der Waals surface area contributed by atoms with Gasteiger partial charge in [0.25, 0.3) is 0 Å². The molecular formula is C11H18N4O3S2. The molecule has 1 aromatic rings. The van der Waals surface area contributed by atoms with Crippen LogP contribution in [-0.4, -0.2) is 54.7 Å². The van der Waals surface area contributed by atoms with Gasteiger partial charge >= 0.3 is 0 Å². The zero-order valence-electron chi connectivity index (χ0n) is 11.4. The number of nitrogens with two attached hydrogens (primary N) is 1. The van der Waals surface area contributed by atoms with Gasteiger partial charge in [0.05, 0.1) is 7.11 Å². The van der Waals surface area contributed by atoms with Crippen LogP contribution in [0.3, 0.4) is 0 Å². The van der Waals surface area contributed by atoms with Crippen LogP contribution in [0.2, 0.25) is 0 Å². The number of hydrogen-bond acceptors (Lipinski definition) is 8. The van der Waals surface area contributed by atoms with Crippen molar-refractivity contribution in [3.8, 4) is 5.88 Å². The normalized spacial score (nSPS) is 19.9. The van der Waals surface area contributed by atoms with Crippen LogP contribution in [0, 0.1) is 0 Å². The first kappa shape index (κ1) is 15.2. The van der Waals surface area contributed by atoms with Crippen molar-refractivity contribution in [3.63, 3.8) is 0 Å². The van der Waals surface area contributed by atoms with Crippen LogP contribution in [0.1, 0.15) is 6.92 Å².